The Morgan fingerprint density at radius 2 is 1.94 bits per heavy atom. The Labute approximate surface area is 104 Å². The molecule has 0 bridgehead atoms. The molecule has 0 saturated carbocycles. The van der Waals surface area contributed by atoms with Crippen molar-refractivity contribution in [1.29, 1.82) is 0 Å². The van der Waals surface area contributed by atoms with E-state index in [4.69, 9.17) is 4.74 Å². The molecule has 3 nitrogen and oxygen atoms in total. The van der Waals surface area contributed by atoms with E-state index in [-0.39, 0.29) is 0 Å². The molecule has 96 valence electrons. The van der Waals surface area contributed by atoms with Crippen molar-refractivity contribution in [1.82, 2.24) is 9.47 Å². The standard InChI is InChI=1S/C14H24N2O/c1-12-11-14(13(2)15(12)3)5-4-6-16-7-9-17-10-8-16/h11H,4-10H2,1-3H3. The van der Waals surface area contributed by atoms with Crippen LogP contribution < -0.4 is 0 Å². The Hall–Kier alpha value is -0.800. The Morgan fingerprint density at radius 1 is 1.24 bits per heavy atom. The van der Waals surface area contributed by atoms with Crippen LogP contribution in [0.1, 0.15) is 23.4 Å². The topological polar surface area (TPSA) is 17.4 Å². The molecular formula is C14H24N2O. The lowest BCUT2D eigenvalue weighted by atomic mass is 10.1. The third-order valence-corrected chi connectivity index (χ3v) is 3.90. The Balaban J connectivity index is 1.79. The van der Waals surface area contributed by atoms with Crippen LogP contribution in [0.15, 0.2) is 6.07 Å². The SMILES string of the molecule is Cc1cc(CCCN2CCOCC2)c(C)n1C. The average Bonchev–Trinajstić information content (AvgIpc) is 2.59. The predicted octanol–water partition coefficient (Wildman–Crippen LogP) is 1.91. The number of morpholine rings is 1. The van der Waals surface area contributed by atoms with Crippen LogP contribution in [0.25, 0.3) is 0 Å². The summed E-state index contributed by atoms with van der Waals surface area (Å²) in [7, 11) is 2.15. The summed E-state index contributed by atoms with van der Waals surface area (Å²) in [6.07, 6.45) is 2.45. The minimum atomic E-state index is 0.906. The fraction of sp³-hybridized carbons (Fsp3) is 0.714. The van der Waals surface area contributed by atoms with E-state index in [9.17, 15) is 0 Å². The van der Waals surface area contributed by atoms with E-state index in [2.05, 4.69) is 36.4 Å². The summed E-state index contributed by atoms with van der Waals surface area (Å²) in [5.74, 6) is 0. The molecule has 2 rings (SSSR count). The van der Waals surface area contributed by atoms with Gasteiger partial charge in [0.1, 0.15) is 0 Å². The molecule has 0 spiro atoms. The lowest BCUT2D eigenvalue weighted by Crippen LogP contribution is -2.36. The zero-order valence-electron chi connectivity index (χ0n) is 11.3. The Morgan fingerprint density at radius 3 is 2.53 bits per heavy atom. The van der Waals surface area contributed by atoms with E-state index in [1.54, 1.807) is 0 Å². The van der Waals surface area contributed by atoms with Crippen molar-refractivity contribution in [3.8, 4) is 0 Å². The maximum absolute atomic E-state index is 5.36. The first-order chi connectivity index (χ1) is 8.18. The zero-order valence-corrected chi connectivity index (χ0v) is 11.3. The molecule has 0 amide bonds. The van der Waals surface area contributed by atoms with Gasteiger partial charge in [-0.15, -0.1) is 0 Å². The molecule has 1 aromatic rings. The monoisotopic (exact) mass is 236 g/mol. The number of aryl methyl sites for hydroxylation is 2. The first-order valence-electron chi connectivity index (χ1n) is 6.60. The second-order valence-electron chi connectivity index (χ2n) is 5.01. The summed E-state index contributed by atoms with van der Waals surface area (Å²) < 4.78 is 7.64. The van der Waals surface area contributed by atoms with Crippen molar-refractivity contribution in [2.45, 2.75) is 26.7 Å². The highest BCUT2D eigenvalue weighted by molar-refractivity contribution is 5.26. The predicted molar refractivity (Wildman–Crippen MR) is 70.5 cm³/mol. The van der Waals surface area contributed by atoms with Crippen LogP contribution in [0.3, 0.4) is 0 Å². The number of rotatable bonds is 4. The minimum Gasteiger partial charge on any atom is -0.379 e. The lowest BCUT2D eigenvalue weighted by Gasteiger charge is -2.26. The van der Waals surface area contributed by atoms with Gasteiger partial charge in [-0.25, -0.2) is 0 Å². The van der Waals surface area contributed by atoms with Gasteiger partial charge in [0, 0.05) is 31.5 Å². The summed E-state index contributed by atoms with van der Waals surface area (Å²) in [4.78, 5) is 2.51. The van der Waals surface area contributed by atoms with Crippen LogP contribution >= 0.6 is 0 Å². The molecule has 3 heteroatoms. The average molecular weight is 236 g/mol. The van der Waals surface area contributed by atoms with Crippen molar-refractivity contribution in [2.75, 3.05) is 32.8 Å². The second kappa shape index (κ2) is 5.69. The lowest BCUT2D eigenvalue weighted by molar-refractivity contribution is 0.0374. The van der Waals surface area contributed by atoms with Gasteiger partial charge in [-0.2, -0.15) is 0 Å². The maximum atomic E-state index is 5.36. The van der Waals surface area contributed by atoms with Crippen molar-refractivity contribution in [3.05, 3.63) is 23.0 Å². The molecule has 0 N–H and O–H groups in total. The van der Waals surface area contributed by atoms with Crippen molar-refractivity contribution >= 4 is 0 Å². The fourth-order valence-corrected chi connectivity index (χ4v) is 2.50. The smallest absolute Gasteiger partial charge is 0.0594 e. The van der Waals surface area contributed by atoms with E-state index in [0.717, 1.165) is 26.3 Å². The summed E-state index contributed by atoms with van der Waals surface area (Å²) in [5, 5.41) is 0. The highest BCUT2D eigenvalue weighted by atomic mass is 16.5. The molecular weight excluding hydrogens is 212 g/mol. The van der Waals surface area contributed by atoms with Gasteiger partial charge in [0.05, 0.1) is 13.2 Å². The molecule has 1 aromatic heterocycles. The third kappa shape index (κ3) is 3.11. The van der Waals surface area contributed by atoms with Crippen molar-refractivity contribution in [3.63, 3.8) is 0 Å². The summed E-state index contributed by atoms with van der Waals surface area (Å²) in [6.45, 7) is 9.62. The molecule has 1 aliphatic heterocycles. The van der Waals surface area contributed by atoms with Gasteiger partial charge in [-0.05, 0) is 44.9 Å². The van der Waals surface area contributed by atoms with Gasteiger partial charge in [0.25, 0.3) is 0 Å². The van der Waals surface area contributed by atoms with E-state index >= 15 is 0 Å². The molecule has 2 heterocycles. The summed E-state index contributed by atoms with van der Waals surface area (Å²) in [6, 6.07) is 2.33. The van der Waals surface area contributed by atoms with Gasteiger partial charge >= 0.3 is 0 Å². The molecule has 0 atom stereocenters. The number of hydrogen-bond acceptors (Lipinski definition) is 2. The first-order valence-corrected chi connectivity index (χ1v) is 6.60. The van der Waals surface area contributed by atoms with Crippen LogP contribution in [0, 0.1) is 13.8 Å². The van der Waals surface area contributed by atoms with Crippen LogP contribution in [-0.2, 0) is 18.2 Å². The normalized spacial score (nSPS) is 17.6. The van der Waals surface area contributed by atoms with Crippen LogP contribution in [0.2, 0.25) is 0 Å². The first kappa shape index (κ1) is 12.7. The number of ether oxygens (including phenoxy) is 1. The third-order valence-electron chi connectivity index (χ3n) is 3.90. The van der Waals surface area contributed by atoms with E-state index in [0.29, 0.717) is 0 Å². The van der Waals surface area contributed by atoms with Gasteiger partial charge in [-0.3, -0.25) is 4.90 Å². The molecule has 1 fully saturated rings. The molecule has 1 saturated heterocycles. The highest BCUT2D eigenvalue weighted by Crippen LogP contribution is 2.15. The largest absolute Gasteiger partial charge is 0.379 e. The van der Waals surface area contributed by atoms with Crippen molar-refractivity contribution in [2.24, 2.45) is 7.05 Å². The maximum Gasteiger partial charge on any atom is 0.0594 e. The molecule has 17 heavy (non-hydrogen) atoms. The van der Waals surface area contributed by atoms with Gasteiger partial charge in [0.15, 0.2) is 0 Å². The zero-order chi connectivity index (χ0) is 12.3. The Bertz CT molecular complexity index is 365. The summed E-state index contributed by atoms with van der Waals surface area (Å²) in [5.41, 5.74) is 4.30. The highest BCUT2D eigenvalue weighted by Gasteiger charge is 2.10. The van der Waals surface area contributed by atoms with Crippen LogP contribution in [0.5, 0.6) is 0 Å². The van der Waals surface area contributed by atoms with Crippen LogP contribution in [0.4, 0.5) is 0 Å². The summed E-state index contributed by atoms with van der Waals surface area (Å²) >= 11 is 0. The number of hydrogen-bond donors (Lipinski definition) is 0. The van der Waals surface area contributed by atoms with Gasteiger partial charge in [-0.1, -0.05) is 0 Å². The quantitative estimate of drug-likeness (QED) is 0.794. The van der Waals surface area contributed by atoms with E-state index in [1.165, 1.54) is 36.3 Å². The van der Waals surface area contributed by atoms with Gasteiger partial charge in [0.2, 0.25) is 0 Å². The van der Waals surface area contributed by atoms with E-state index < -0.39 is 0 Å². The second-order valence-corrected chi connectivity index (χ2v) is 5.01. The number of nitrogens with zero attached hydrogens (tertiary/aromatic N) is 2. The van der Waals surface area contributed by atoms with Gasteiger partial charge < -0.3 is 9.30 Å². The molecule has 1 aliphatic rings. The Kier molecular flexibility index (Phi) is 4.24. The van der Waals surface area contributed by atoms with E-state index in [1.807, 2.05) is 0 Å². The molecule has 0 unspecified atom stereocenters. The van der Waals surface area contributed by atoms with Crippen LogP contribution in [-0.4, -0.2) is 42.3 Å². The molecule has 0 aliphatic carbocycles. The fourth-order valence-electron chi connectivity index (χ4n) is 2.50. The number of aromatic nitrogens is 1. The van der Waals surface area contributed by atoms with Crippen molar-refractivity contribution < 1.29 is 4.74 Å². The minimum absolute atomic E-state index is 0.906. The molecule has 0 aromatic carbocycles. The molecule has 0 radical (unpaired) electrons.